The smallest absolute Gasteiger partial charge is 0.322 e. The van der Waals surface area contributed by atoms with Crippen LogP contribution in [0.1, 0.15) is 18.4 Å². The molecule has 1 aromatic rings. The van der Waals surface area contributed by atoms with Gasteiger partial charge in [0.1, 0.15) is 16.7 Å². The molecule has 0 aliphatic carbocycles. The molecule has 2 aliphatic heterocycles. The van der Waals surface area contributed by atoms with Crippen molar-refractivity contribution >= 4 is 16.0 Å². The number of rotatable bonds is 3. The maximum Gasteiger partial charge on any atom is 0.322 e. The van der Waals surface area contributed by atoms with Crippen LogP contribution in [0.4, 0.5) is 0 Å². The van der Waals surface area contributed by atoms with E-state index in [0.717, 1.165) is 9.87 Å². The molecule has 3 rings (SSSR count). The first kappa shape index (κ1) is 13.4. The van der Waals surface area contributed by atoms with Crippen LogP contribution in [0, 0.1) is 0 Å². The molecule has 7 heteroatoms. The van der Waals surface area contributed by atoms with Crippen LogP contribution in [0.15, 0.2) is 23.1 Å². The molecule has 1 atom stereocenters. The van der Waals surface area contributed by atoms with Gasteiger partial charge in [-0.1, -0.05) is 12.1 Å². The van der Waals surface area contributed by atoms with E-state index in [4.69, 9.17) is 9.84 Å². The molecule has 0 amide bonds. The number of carbonyl (C=O) groups is 1. The summed E-state index contributed by atoms with van der Waals surface area (Å²) < 4.78 is 31.9. The van der Waals surface area contributed by atoms with Crippen molar-refractivity contribution in [1.82, 2.24) is 4.31 Å². The first-order chi connectivity index (χ1) is 9.51. The van der Waals surface area contributed by atoms with Crippen molar-refractivity contribution < 1.29 is 23.1 Å². The number of carboxylic acids is 1. The highest BCUT2D eigenvalue weighted by molar-refractivity contribution is 7.89. The number of aliphatic carboxylic acids is 1. The molecule has 0 bridgehead atoms. The predicted molar refractivity (Wildman–Crippen MR) is 70.2 cm³/mol. The minimum atomic E-state index is -3.83. The largest absolute Gasteiger partial charge is 0.492 e. The monoisotopic (exact) mass is 297 g/mol. The third-order valence-corrected chi connectivity index (χ3v) is 5.69. The Labute approximate surface area is 117 Å². The molecule has 0 unspecified atom stereocenters. The second kappa shape index (κ2) is 4.75. The van der Waals surface area contributed by atoms with Crippen molar-refractivity contribution in [2.45, 2.75) is 30.2 Å². The standard InChI is InChI=1S/C13H15NO5S/c15-13(16)10-4-2-7-14(10)20(17,18)11-5-1-3-9-6-8-19-12(9)11/h1,3,5,10H,2,4,6-8H2,(H,15,16)/t10-/m1/s1. The van der Waals surface area contributed by atoms with Crippen molar-refractivity contribution in [3.8, 4) is 5.75 Å². The molecule has 108 valence electrons. The van der Waals surface area contributed by atoms with E-state index in [-0.39, 0.29) is 11.4 Å². The van der Waals surface area contributed by atoms with E-state index >= 15 is 0 Å². The van der Waals surface area contributed by atoms with Gasteiger partial charge in [0.25, 0.3) is 0 Å². The maximum absolute atomic E-state index is 12.7. The number of carboxylic acid groups (broad SMARTS) is 1. The molecular formula is C13H15NO5S. The Morgan fingerprint density at radius 3 is 2.95 bits per heavy atom. The van der Waals surface area contributed by atoms with Crippen LogP contribution in [0.2, 0.25) is 0 Å². The molecule has 2 heterocycles. The number of para-hydroxylation sites is 1. The Balaban J connectivity index is 2.05. The van der Waals surface area contributed by atoms with Crippen molar-refractivity contribution in [3.05, 3.63) is 23.8 Å². The first-order valence-electron chi connectivity index (χ1n) is 6.51. The molecule has 0 radical (unpaired) electrons. The average molecular weight is 297 g/mol. The fourth-order valence-electron chi connectivity index (χ4n) is 2.79. The quantitative estimate of drug-likeness (QED) is 0.894. The SMILES string of the molecule is O=C(O)[C@H]1CCCN1S(=O)(=O)c1cccc2c1OCC2. The molecule has 1 aromatic carbocycles. The summed E-state index contributed by atoms with van der Waals surface area (Å²) in [6, 6.07) is 4.01. The highest BCUT2D eigenvalue weighted by Gasteiger charge is 2.41. The minimum absolute atomic E-state index is 0.0839. The van der Waals surface area contributed by atoms with E-state index < -0.39 is 22.0 Å². The lowest BCUT2D eigenvalue weighted by molar-refractivity contribution is -0.140. The van der Waals surface area contributed by atoms with Crippen molar-refractivity contribution in [3.63, 3.8) is 0 Å². The zero-order valence-corrected chi connectivity index (χ0v) is 11.6. The average Bonchev–Trinajstić information content (AvgIpc) is 3.06. The number of sulfonamides is 1. The van der Waals surface area contributed by atoms with E-state index in [9.17, 15) is 13.2 Å². The number of nitrogens with zero attached hydrogens (tertiary/aromatic N) is 1. The molecule has 20 heavy (non-hydrogen) atoms. The fraction of sp³-hybridized carbons (Fsp3) is 0.462. The molecule has 1 saturated heterocycles. The zero-order valence-electron chi connectivity index (χ0n) is 10.8. The van der Waals surface area contributed by atoms with Crippen LogP contribution in [-0.2, 0) is 21.2 Å². The van der Waals surface area contributed by atoms with Crippen LogP contribution >= 0.6 is 0 Å². The van der Waals surface area contributed by atoms with Gasteiger partial charge in [-0.15, -0.1) is 0 Å². The van der Waals surface area contributed by atoms with Gasteiger partial charge in [-0.3, -0.25) is 4.79 Å². The van der Waals surface area contributed by atoms with Crippen LogP contribution in [0.5, 0.6) is 5.75 Å². The Morgan fingerprint density at radius 1 is 1.40 bits per heavy atom. The van der Waals surface area contributed by atoms with Gasteiger partial charge >= 0.3 is 5.97 Å². The van der Waals surface area contributed by atoms with Gasteiger partial charge in [-0.25, -0.2) is 8.42 Å². The second-order valence-corrected chi connectivity index (χ2v) is 6.81. The molecule has 0 aromatic heterocycles. The molecule has 0 spiro atoms. The number of ether oxygens (including phenoxy) is 1. The molecule has 1 fully saturated rings. The first-order valence-corrected chi connectivity index (χ1v) is 7.95. The summed E-state index contributed by atoms with van der Waals surface area (Å²) in [5.41, 5.74) is 0.858. The minimum Gasteiger partial charge on any atom is -0.492 e. The maximum atomic E-state index is 12.7. The van der Waals surface area contributed by atoms with E-state index in [1.165, 1.54) is 6.07 Å². The van der Waals surface area contributed by atoms with Crippen LogP contribution in [0.3, 0.4) is 0 Å². The van der Waals surface area contributed by atoms with E-state index in [2.05, 4.69) is 0 Å². The topological polar surface area (TPSA) is 83.9 Å². The summed E-state index contributed by atoms with van der Waals surface area (Å²) in [5.74, 6) is -0.719. The Bertz CT molecular complexity index is 655. The summed E-state index contributed by atoms with van der Waals surface area (Å²) in [6.45, 7) is 0.702. The van der Waals surface area contributed by atoms with Crippen LogP contribution in [-0.4, -0.2) is 43.0 Å². The van der Waals surface area contributed by atoms with Crippen LogP contribution < -0.4 is 4.74 Å². The number of hydrogen-bond acceptors (Lipinski definition) is 4. The summed E-state index contributed by atoms with van der Waals surface area (Å²) >= 11 is 0. The van der Waals surface area contributed by atoms with Gasteiger partial charge in [0.05, 0.1) is 6.61 Å². The van der Waals surface area contributed by atoms with Gasteiger partial charge in [-0.2, -0.15) is 4.31 Å². The Hall–Kier alpha value is -1.60. The molecule has 0 saturated carbocycles. The van der Waals surface area contributed by atoms with Gasteiger partial charge < -0.3 is 9.84 Å². The second-order valence-electron chi connectivity index (χ2n) is 4.95. The van der Waals surface area contributed by atoms with Gasteiger partial charge in [0.2, 0.25) is 10.0 Å². The summed E-state index contributed by atoms with van der Waals surface area (Å²) in [7, 11) is -3.83. The van der Waals surface area contributed by atoms with E-state index in [1.807, 2.05) is 6.07 Å². The Morgan fingerprint density at radius 2 is 2.20 bits per heavy atom. The lowest BCUT2D eigenvalue weighted by atomic mass is 10.2. The van der Waals surface area contributed by atoms with E-state index in [1.54, 1.807) is 6.07 Å². The number of benzene rings is 1. The molecule has 6 nitrogen and oxygen atoms in total. The normalized spacial score (nSPS) is 22.5. The predicted octanol–water partition coefficient (Wildman–Crippen LogP) is 0.859. The van der Waals surface area contributed by atoms with E-state index in [0.29, 0.717) is 31.6 Å². The molecule has 1 N–H and O–H groups in total. The van der Waals surface area contributed by atoms with Crippen LogP contribution in [0.25, 0.3) is 0 Å². The summed E-state index contributed by atoms with van der Waals surface area (Å²) in [4.78, 5) is 11.3. The Kier molecular flexibility index (Phi) is 3.18. The zero-order chi connectivity index (χ0) is 14.3. The lowest BCUT2D eigenvalue weighted by Gasteiger charge is -2.22. The molecular weight excluding hydrogens is 282 g/mol. The van der Waals surface area contributed by atoms with Crippen molar-refractivity contribution in [1.29, 1.82) is 0 Å². The highest BCUT2D eigenvalue weighted by Crippen LogP contribution is 2.36. The number of hydrogen-bond donors (Lipinski definition) is 1. The van der Waals surface area contributed by atoms with Crippen molar-refractivity contribution in [2.75, 3.05) is 13.2 Å². The van der Waals surface area contributed by atoms with Gasteiger partial charge in [0.15, 0.2) is 0 Å². The third kappa shape index (κ3) is 1.97. The van der Waals surface area contributed by atoms with Gasteiger partial charge in [-0.05, 0) is 24.5 Å². The summed E-state index contributed by atoms with van der Waals surface area (Å²) in [6.07, 6.45) is 1.59. The van der Waals surface area contributed by atoms with Gasteiger partial charge in [0, 0.05) is 13.0 Å². The highest BCUT2D eigenvalue weighted by atomic mass is 32.2. The van der Waals surface area contributed by atoms with Crippen molar-refractivity contribution in [2.24, 2.45) is 0 Å². The number of fused-ring (bicyclic) bond motifs is 1. The lowest BCUT2D eigenvalue weighted by Crippen LogP contribution is -2.40. The third-order valence-electron chi connectivity index (χ3n) is 3.75. The molecule has 2 aliphatic rings. The summed E-state index contributed by atoms with van der Waals surface area (Å²) in [5, 5.41) is 9.15. The fourth-order valence-corrected chi connectivity index (χ4v) is 4.62.